The van der Waals surface area contributed by atoms with Crippen molar-refractivity contribution in [3.05, 3.63) is 41.4 Å². The maximum atomic E-state index is 14.1. The number of carbonyl (C=O) groups excluding carboxylic acids is 1. The number of oxazole rings is 1. The van der Waals surface area contributed by atoms with Crippen LogP contribution in [-0.2, 0) is 4.74 Å². The molecule has 1 saturated heterocycles. The number of halogens is 2. The fourth-order valence-electron chi connectivity index (χ4n) is 2.92. The van der Waals surface area contributed by atoms with E-state index in [1.54, 1.807) is 0 Å². The minimum atomic E-state index is -1.000. The van der Waals surface area contributed by atoms with Crippen LogP contribution in [0.1, 0.15) is 35.1 Å². The van der Waals surface area contributed by atoms with Gasteiger partial charge in [0.25, 0.3) is 0 Å². The second-order valence-corrected chi connectivity index (χ2v) is 5.89. The molecule has 1 aromatic carbocycles. The van der Waals surface area contributed by atoms with Crippen LogP contribution in [-0.4, -0.2) is 47.3 Å². The van der Waals surface area contributed by atoms with Crippen LogP contribution < -0.4 is 0 Å². The minimum Gasteiger partial charge on any atom is -0.465 e. The van der Waals surface area contributed by atoms with Gasteiger partial charge in [-0.05, 0) is 25.0 Å². The van der Waals surface area contributed by atoms with Gasteiger partial charge < -0.3 is 19.2 Å². The number of piperidine rings is 1. The van der Waals surface area contributed by atoms with Crippen LogP contribution in [0.2, 0.25) is 0 Å². The average Bonchev–Trinajstić information content (AvgIpc) is 3.06. The van der Waals surface area contributed by atoms with Crippen molar-refractivity contribution in [3.63, 3.8) is 0 Å². The summed E-state index contributed by atoms with van der Waals surface area (Å²) in [4.78, 5) is 28.4. The lowest BCUT2D eigenvalue weighted by Gasteiger charge is -2.28. The molecule has 138 valence electrons. The molecule has 1 amide bonds. The molecule has 7 nitrogen and oxygen atoms in total. The first-order valence-corrected chi connectivity index (χ1v) is 7.93. The van der Waals surface area contributed by atoms with Gasteiger partial charge in [-0.1, -0.05) is 0 Å². The van der Waals surface area contributed by atoms with Crippen LogP contribution in [0.5, 0.6) is 0 Å². The lowest BCUT2D eigenvalue weighted by atomic mass is 9.97. The van der Waals surface area contributed by atoms with Crippen molar-refractivity contribution in [1.82, 2.24) is 9.88 Å². The molecule has 0 bridgehead atoms. The molecule has 1 aliphatic rings. The lowest BCUT2D eigenvalue weighted by Crippen LogP contribution is -2.36. The number of methoxy groups -OCH3 is 1. The number of carboxylic acid groups (broad SMARTS) is 1. The zero-order valence-electron chi connectivity index (χ0n) is 13.9. The molecule has 1 N–H and O–H groups in total. The SMILES string of the molecule is COC(=O)c1nc(C2CCN(C(=O)O)CC2)oc1-c1ccc(F)cc1F. The number of aromatic nitrogens is 1. The number of rotatable bonds is 3. The van der Waals surface area contributed by atoms with E-state index in [1.165, 1.54) is 4.90 Å². The Bertz CT molecular complexity index is 844. The normalized spacial score (nSPS) is 15.1. The summed E-state index contributed by atoms with van der Waals surface area (Å²) in [7, 11) is 1.16. The number of amides is 1. The van der Waals surface area contributed by atoms with Gasteiger partial charge in [0, 0.05) is 25.1 Å². The average molecular weight is 366 g/mol. The van der Waals surface area contributed by atoms with E-state index in [1.807, 2.05) is 0 Å². The number of carbonyl (C=O) groups is 2. The van der Waals surface area contributed by atoms with E-state index in [4.69, 9.17) is 9.52 Å². The van der Waals surface area contributed by atoms with Crippen molar-refractivity contribution >= 4 is 12.1 Å². The highest BCUT2D eigenvalue weighted by Crippen LogP contribution is 2.34. The molecule has 2 heterocycles. The van der Waals surface area contributed by atoms with Gasteiger partial charge in [-0.15, -0.1) is 0 Å². The minimum absolute atomic E-state index is 0.103. The highest BCUT2D eigenvalue weighted by Gasteiger charge is 2.31. The first kappa shape index (κ1) is 17.8. The largest absolute Gasteiger partial charge is 0.465 e. The fourth-order valence-corrected chi connectivity index (χ4v) is 2.92. The molecule has 0 atom stereocenters. The van der Waals surface area contributed by atoms with Gasteiger partial charge in [-0.3, -0.25) is 0 Å². The predicted molar refractivity (Wildman–Crippen MR) is 84.8 cm³/mol. The first-order chi connectivity index (χ1) is 12.4. The number of benzene rings is 1. The molecule has 9 heteroatoms. The highest BCUT2D eigenvalue weighted by atomic mass is 19.1. The Balaban J connectivity index is 1.95. The van der Waals surface area contributed by atoms with Gasteiger partial charge in [-0.25, -0.2) is 23.4 Å². The maximum absolute atomic E-state index is 14.1. The van der Waals surface area contributed by atoms with Crippen LogP contribution in [0.4, 0.5) is 13.6 Å². The number of ether oxygens (including phenoxy) is 1. The number of esters is 1. The maximum Gasteiger partial charge on any atom is 0.407 e. The molecule has 0 unspecified atom stereocenters. The third-order valence-electron chi connectivity index (χ3n) is 4.31. The van der Waals surface area contributed by atoms with Gasteiger partial charge in [0.2, 0.25) is 0 Å². The van der Waals surface area contributed by atoms with E-state index >= 15 is 0 Å². The molecule has 0 spiro atoms. The van der Waals surface area contributed by atoms with Gasteiger partial charge in [-0.2, -0.15) is 0 Å². The monoisotopic (exact) mass is 366 g/mol. The Morgan fingerprint density at radius 2 is 2.00 bits per heavy atom. The third kappa shape index (κ3) is 3.37. The standard InChI is InChI=1S/C17H16F2N2O5/c1-25-16(22)13-14(11-3-2-10(18)8-12(11)19)26-15(20-13)9-4-6-21(7-5-9)17(23)24/h2-3,8-9H,4-7H2,1H3,(H,23,24). The number of hydrogen-bond acceptors (Lipinski definition) is 5. The summed E-state index contributed by atoms with van der Waals surface area (Å²) in [6, 6.07) is 2.89. The Morgan fingerprint density at radius 1 is 1.31 bits per heavy atom. The number of nitrogens with zero attached hydrogens (tertiary/aromatic N) is 2. The predicted octanol–water partition coefficient (Wildman–Crippen LogP) is 3.26. The quantitative estimate of drug-likeness (QED) is 0.838. The third-order valence-corrected chi connectivity index (χ3v) is 4.31. The lowest BCUT2D eigenvalue weighted by molar-refractivity contribution is 0.0595. The molecular weight excluding hydrogens is 350 g/mol. The molecule has 26 heavy (non-hydrogen) atoms. The Hall–Kier alpha value is -2.97. The summed E-state index contributed by atoms with van der Waals surface area (Å²) in [5.41, 5.74) is -0.304. The summed E-state index contributed by atoms with van der Waals surface area (Å²) < 4.78 is 37.6. The van der Waals surface area contributed by atoms with E-state index in [2.05, 4.69) is 9.72 Å². The van der Waals surface area contributed by atoms with Crippen molar-refractivity contribution in [2.45, 2.75) is 18.8 Å². The Kier molecular flexibility index (Phi) is 4.88. The molecule has 1 aliphatic heterocycles. The van der Waals surface area contributed by atoms with Crippen LogP contribution in [0, 0.1) is 11.6 Å². The van der Waals surface area contributed by atoms with E-state index in [9.17, 15) is 18.4 Å². The number of likely N-dealkylation sites (tertiary alicyclic amines) is 1. The van der Waals surface area contributed by atoms with Crippen molar-refractivity contribution in [2.75, 3.05) is 20.2 Å². The molecule has 1 fully saturated rings. The van der Waals surface area contributed by atoms with Crippen molar-refractivity contribution in [3.8, 4) is 11.3 Å². The summed E-state index contributed by atoms with van der Waals surface area (Å²) >= 11 is 0. The molecular formula is C17H16F2N2O5. The summed E-state index contributed by atoms with van der Waals surface area (Å²) in [6.45, 7) is 0.604. The molecule has 0 saturated carbocycles. The van der Waals surface area contributed by atoms with Gasteiger partial charge in [0.05, 0.1) is 12.7 Å². The molecule has 0 aliphatic carbocycles. The zero-order valence-corrected chi connectivity index (χ0v) is 13.9. The molecule has 2 aromatic rings. The van der Waals surface area contributed by atoms with Crippen LogP contribution in [0.25, 0.3) is 11.3 Å². The van der Waals surface area contributed by atoms with Crippen molar-refractivity contribution < 1.29 is 32.6 Å². The topological polar surface area (TPSA) is 92.9 Å². The van der Waals surface area contributed by atoms with E-state index in [-0.39, 0.29) is 28.8 Å². The molecule has 1 aromatic heterocycles. The van der Waals surface area contributed by atoms with Gasteiger partial charge in [0.1, 0.15) is 11.6 Å². The molecule has 0 radical (unpaired) electrons. The van der Waals surface area contributed by atoms with E-state index in [0.717, 1.165) is 19.2 Å². The van der Waals surface area contributed by atoms with Crippen LogP contribution in [0.3, 0.4) is 0 Å². The zero-order chi connectivity index (χ0) is 18.8. The Labute approximate surface area is 147 Å². The summed E-state index contributed by atoms with van der Waals surface area (Å²) in [6.07, 6.45) is -0.0856. The fraction of sp³-hybridized carbons (Fsp3) is 0.353. The van der Waals surface area contributed by atoms with Crippen LogP contribution >= 0.6 is 0 Å². The first-order valence-electron chi connectivity index (χ1n) is 7.93. The smallest absolute Gasteiger partial charge is 0.407 e. The van der Waals surface area contributed by atoms with Crippen molar-refractivity contribution in [2.24, 2.45) is 0 Å². The van der Waals surface area contributed by atoms with E-state index < -0.39 is 23.7 Å². The van der Waals surface area contributed by atoms with Gasteiger partial charge in [0.15, 0.2) is 17.3 Å². The second-order valence-electron chi connectivity index (χ2n) is 5.89. The summed E-state index contributed by atoms with van der Waals surface area (Å²) in [5.74, 6) is -2.60. The van der Waals surface area contributed by atoms with Crippen LogP contribution in [0.15, 0.2) is 22.6 Å². The summed E-state index contributed by atoms with van der Waals surface area (Å²) in [5, 5.41) is 9.00. The number of hydrogen-bond donors (Lipinski definition) is 1. The van der Waals surface area contributed by atoms with E-state index in [0.29, 0.717) is 32.0 Å². The Morgan fingerprint density at radius 3 is 2.58 bits per heavy atom. The second kappa shape index (κ2) is 7.11. The van der Waals surface area contributed by atoms with Crippen molar-refractivity contribution in [1.29, 1.82) is 0 Å². The molecule has 3 rings (SSSR count). The van der Waals surface area contributed by atoms with Gasteiger partial charge >= 0.3 is 12.1 Å². The highest BCUT2D eigenvalue weighted by molar-refractivity contribution is 5.93.